The molecule has 2 heterocycles. The van der Waals surface area contributed by atoms with Gasteiger partial charge in [-0.15, -0.1) is 0 Å². The molecule has 1 fully saturated rings. The van der Waals surface area contributed by atoms with Gasteiger partial charge in [0.2, 0.25) is 0 Å². The highest BCUT2D eigenvalue weighted by molar-refractivity contribution is 6.00. The quantitative estimate of drug-likeness (QED) is 0.882. The molecule has 0 bridgehead atoms. The number of carbonyl (C=O) groups is 1. The van der Waals surface area contributed by atoms with Crippen LogP contribution in [0, 0.1) is 11.8 Å². The minimum atomic E-state index is -0.780. The number of para-hydroxylation sites is 1. The molecule has 0 radical (unpaired) electrons. The third-order valence-electron chi connectivity index (χ3n) is 5.38. The van der Waals surface area contributed by atoms with Crippen molar-refractivity contribution in [2.24, 2.45) is 11.8 Å². The minimum absolute atomic E-state index is 0.0367. The zero-order valence-corrected chi connectivity index (χ0v) is 13.7. The van der Waals surface area contributed by atoms with Gasteiger partial charge in [0.05, 0.1) is 23.4 Å². The number of aliphatic hydroxyl groups is 1. The van der Waals surface area contributed by atoms with Gasteiger partial charge in [-0.1, -0.05) is 32.9 Å². The van der Waals surface area contributed by atoms with E-state index in [1.54, 1.807) is 0 Å². The molecule has 2 aliphatic heterocycles. The van der Waals surface area contributed by atoms with Gasteiger partial charge in [-0.25, -0.2) is 0 Å². The second-order valence-electron chi connectivity index (χ2n) is 7.10. The summed E-state index contributed by atoms with van der Waals surface area (Å²) in [5.74, 6) is 0.279. The summed E-state index contributed by atoms with van der Waals surface area (Å²) >= 11 is 0. The standard InChI is InChI=1S/C18H26N2O2/c1-12(2)18(22)11-20(10-13(18)3)17(21)15-8-4-6-14-7-5-9-19-16(14)15/h4,6,8,12-13,19,22H,5,7,9-11H2,1-3H3/t13-,18-/m1/s1. The molecule has 1 aromatic carbocycles. The second-order valence-corrected chi connectivity index (χ2v) is 7.10. The van der Waals surface area contributed by atoms with Gasteiger partial charge in [0.1, 0.15) is 0 Å². The molecule has 3 rings (SSSR count). The fraction of sp³-hybridized carbons (Fsp3) is 0.611. The summed E-state index contributed by atoms with van der Waals surface area (Å²) in [5.41, 5.74) is 2.19. The van der Waals surface area contributed by atoms with Crippen LogP contribution in [0.2, 0.25) is 0 Å². The Morgan fingerprint density at radius 2 is 2.23 bits per heavy atom. The SMILES string of the molecule is CC(C)[C@]1(O)CN(C(=O)c2cccc3c2NCCC3)C[C@H]1C. The Kier molecular flexibility index (Phi) is 3.89. The summed E-state index contributed by atoms with van der Waals surface area (Å²) in [6.45, 7) is 8.05. The van der Waals surface area contributed by atoms with Crippen molar-refractivity contribution in [1.29, 1.82) is 0 Å². The first kappa shape index (κ1) is 15.3. The topological polar surface area (TPSA) is 52.6 Å². The molecule has 1 aromatic rings. The summed E-state index contributed by atoms with van der Waals surface area (Å²) in [6, 6.07) is 5.96. The summed E-state index contributed by atoms with van der Waals surface area (Å²) < 4.78 is 0. The molecule has 0 saturated carbocycles. The molecule has 1 saturated heterocycles. The van der Waals surface area contributed by atoms with Gasteiger partial charge in [0.15, 0.2) is 0 Å². The van der Waals surface area contributed by atoms with Gasteiger partial charge in [-0.05, 0) is 30.4 Å². The van der Waals surface area contributed by atoms with Crippen molar-refractivity contribution >= 4 is 11.6 Å². The van der Waals surface area contributed by atoms with E-state index in [1.807, 2.05) is 37.8 Å². The van der Waals surface area contributed by atoms with E-state index in [1.165, 1.54) is 5.56 Å². The van der Waals surface area contributed by atoms with Crippen molar-refractivity contribution in [3.8, 4) is 0 Å². The number of anilines is 1. The van der Waals surface area contributed by atoms with E-state index in [-0.39, 0.29) is 17.7 Å². The Hall–Kier alpha value is -1.55. The highest BCUT2D eigenvalue weighted by Crippen LogP contribution is 2.36. The normalized spacial score (nSPS) is 27.7. The first-order valence-electron chi connectivity index (χ1n) is 8.31. The fourth-order valence-electron chi connectivity index (χ4n) is 3.78. The number of β-amino-alcohol motifs (C(OH)–C–C–N with tert-alkyl or cyclic N) is 1. The van der Waals surface area contributed by atoms with E-state index in [2.05, 4.69) is 11.4 Å². The van der Waals surface area contributed by atoms with Crippen molar-refractivity contribution in [3.05, 3.63) is 29.3 Å². The minimum Gasteiger partial charge on any atom is -0.387 e. The number of rotatable bonds is 2. The van der Waals surface area contributed by atoms with Crippen LogP contribution in [0.15, 0.2) is 18.2 Å². The monoisotopic (exact) mass is 302 g/mol. The zero-order valence-electron chi connectivity index (χ0n) is 13.7. The molecule has 4 nitrogen and oxygen atoms in total. The average Bonchev–Trinajstić information content (AvgIpc) is 2.83. The molecule has 0 unspecified atom stereocenters. The van der Waals surface area contributed by atoms with Crippen LogP contribution in [0.5, 0.6) is 0 Å². The summed E-state index contributed by atoms with van der Waals surface area (Å²) in [6.07, 6.45) is 2.13. The van der Waals surface area contributed by atoms with Crippen LogP contribution in [0.3, 0.4) is 0 Å². The molecule has 22 heavy (non-hydrogen) atoms. The Morgan fingerprint density at radius 3 is 2.91 bits per heavy atom. The van der Waals surface area contributed by atoms with Gasteiger partial charge in [-0.2, -0.15) is 0 Å². The molecular formula is C18H26N2O2. The number of fused-ring (bicyclic) bond motifs is 1. The fourth-order valence-corrected chi connectivity index (χ4v) is 3.78. The number of hydrogen-bond donors (Lipinski definition) is 2. The molecule has 4 heteroatoms. The number of nitrogens with one attached hydrogen (secondary N) is 1. The number of likely N-dealkylation sites (tertiary alicyclic amines) is 1. The van der Waals surface area contributed by atoms with Gasteiger partial charge < -0.3 is 15.3 Å². The number of benzene rings is 1. The van der Waals surface area contributed by atoms with E-state index in [4.69, 9.17) is 0 Å². The van der Waals surface area contributed by atoms with E-state index in [0.717, 1.165) is 30.6 Å². The lowest BCUT2D eigenvalue weighted by atomic mass is 9.82. The number of amides is 1. The first-order chi connectivity index (χ1) is 10.4. The zero-order chi connectivity index (χ0) is 15.9. The lowest BCUT2D eigenvalue weighted by Gasteiger charge is -2.31. The van der Waals surface area contributed by atoms with Crippen molar-refractivity contribution in [2.75, 3.05) is 25.0 Å². The number of carbonyl (C=O) groups excluding carboxylic acids is 1. The van der Waals surface area contributed by atoms with Crippen LogP contribution in [0.25, 0.3) is 0 Å². The van der Waals surface area contributed by atoms with Gasteiger partial charge in [0.25, 0.3) is 5.91 Å². The van der Waals surface area contributed by atoms with Crippen LogP contribution in [0.4, 0.5) is 5.69 Å². The highest BCUT2D eigenvalue weighted by atomic mass is 16.3. The lowest BCUT2D eigenvalue weighted by Crippen LogP contribution is -2.43. The van der Waals surface area contributed by atoms with Crippen LogP contribution < -0.4 is 5.32 Å². The molecule has 2 atom stereocenters. The Balaban J connectivity index is 1.87. The molecular weight excluding hydrogens is 276 g/mol. The number of hydrogen-bond acceptors (Lipinski definition) is 3. The summed E-state index contributed by atoms with van der Waals surface area (Å²) in [7, 11) is 0. The third kappa shape index (κ3) is 2.39. The van der Waals surface area contributed by atoms with Crippen molar-refractivity contribution in [2.45, 2.75) is 39.2 Å². The molecule has 2 aliphatic rings. The lowest BCUT2D eigenvalue weighted by molar-refractivity contribution is -0.0243. The van der Waals surface area contributed by atoms with Gasteiger partial charge >= 0.3 is 0 Å². The van der Waals surface area contributed by atoms with Crippen molar-refractivity contribution < 1.29 is 9.90 Å². The van der Waals surface area contributed by atoms with Crippen molar-refractivity contribution in [1.82, 2.24) is 4.90 Å². The largest absolute Gasteiger partial charge is 0.387 e. The maximum atomic E-state index is 12.9. The van der Waals surface area contributed by atoms with Gasteiger partial charge in [0, 0.05) is 19.0 Å². The Labute approximate surface area is 132 Å². The summed E-state index contributed by atoms with van der Waals surface area (Å²) in [4.78, 5) is 14.8. The molecule has 120 valence electrons. The molecule has 2 N–H and O–H groups in total. The van der Waals surface area contributed by atoms with Crippen LogP contribution in [-0.2, 0) is 6.42 Å². The predicted octanol–water partition coefficient (Wildman–Crippen LogP) is 2.52. The smallest absolute Gasteiger partial charge is 0.256 e. The summed E-state index contributed by atoms with van der Waals surface area (Å²) in [5, 5.41) is 14.2. The number of aryl methyl sites for hydroxylation is 1. The predicted molar refractivity (Wildman–Crippen MR) is 88.1 cm³/mol. The van der Waals surface area contributed by atoms with E-state index in [0.29, 0.717) is 13.1 Å². The number of nitrogens with zero attached hydrogens (tertiary/aromatic N) is 1. The highest BCUT2D eigenvalue weighted by Gasteiger charge is 2.46. The van der Waals surface area contributed by atoms with Crippen LogP contribution in [-0.4, -0.2) is 41.1 Å². The molecule has 0 aliphatic carbocycles. The van der Waals surface area contributed by atoms with Crippen LogP contribution in [0.1, 0.15) is 43.1 Å². The maximum absolute atomic E-state index is 12.9. The first-order valence-corrected chi connectivity index (χ1v) is 8.31. The Morgan fingerprint density at radius 1 is 1.45 bits per heavy atom. The van der Waals surface area contributed by atoms with Crippen molar-refractivity contribution in [3.63, 3.8) is 0 Å². The second kappa shape index (κ2) is 5.58. The van der Waals surface area contributed by atoms with Crippen LogP contribution >= 0.6 is 0 Å². The average molecular weight is 302 g/mol. The van der Waals surface area contributed by atoms with E-state index >= 15 is 0 Å². The molecule has 1 amide bonds. The van der Waals surface area contributed by atoms with E-state index < -0.39 is 5.60 Å². The van der Waals surface area contributed by atoms with E-state index in [9.17, 15) is 9.90 Å². The molecule has 0 spiro atoms. The maximum Gasteiger partial charge on any atom is 0.256 e. The Bertz CT molecular complexity index is 584. The van der Waals surface area contributed by atoms with Gasteiger partial charge in [-0.3, -0.25) is 4.79 Å². The third-order valence-corrected chi connectivity index (χ3v) is 5.38. The molecule has 0 aromatic heterocycles.